The van der Waals surface area contributed by atoms with E-state index in [1.54, 1.807) is 24.3 Å². The number of aromatic nitrogens is 4. The third-order valence-corrected chi connectivity index (χ3v) is 14.3. The minimum Gasteiger partial charge on any atom is -0.390 e. The fourth-order valence-corrected chi connectivity index (χ4v) is 10.2. The number of imidazole rings is 2. The monoisotopic (exact) mass is 845 g/mol. The van der Waals surface area contributed by atoms with Gasteiger partial charge in [0.15, 0.2) is 0 Å². The number of aliphatic hydroxyl groups is 1. The summed E-state index contributed by atoms with van der Waals surface area (Å²) in [6.07, 6.45) is 0.957. The first-order valence-corrected chi connectivity index (χ1v) is 22.9. The second-order valence-electron chi connectivity index (χ2n) is 17.9. The maximum atomic E-state index is 13.6. The largest absolute Gasteiger partial charge is 0.390 e. The van der Waals surface area contributed by atoms with E-state index < -0.39 is 37.0 Å². The molecule has 10 nitrogen and oxygen atoms in total. The Hall–Kier alpha value is -2.79. The normalized spacial score (nSPS) is 20.6. The summed E-state index contributed by atoms with van der Waals surface area (Å²) < 4.78 is 108. The van der Waals surface area contributed by atoms with Gasteiger partial charge in [-0.05, 0) is 73.9 Å². The van der Waals surface area contributed by atoms with Crippen LogP contribution in [0.3, 0.4) is 0 Å². The Balaban J connectivity index is 0.000000192. The molecule has 1 saturated heterocycles. The SMILES string of the molecule is CC(C)(C)c1nc2cc(S(=O)(=O)Cl)ccc2n1CC1CCC(F)(F)CC1.CC(C)(C)c1nc2cc(S(=O)(=O)N3CC(O)C3)ccc2n1CC1CCC(F)(F)CC1. The minimum atomic E-state index is -3.83. The standard InChI is InChI=1S/C21H29F2N3O3S.C18H23ClF2N2O2S/c1-20(2,3)19-24-17-10-16(30(28,29)25-12-15(27)13-25)4-5-18(17)26(19)11-14-6-8-21(22,23)9-7-14;1-17(2,3)16-22-14-10-13(26(19,24)25)4-5-15(14)23(16)11-12-6-8-18(20,21)9-7-12/h4-5,10,14-15,27H,6-9,11-13H2,1-3H3;4-5,10,12H,6-9,11H2,1-3H3. The van der Waals surface area contributed by atoms with Gasteiger partial charge in [0.1, 0.15) is 11.6 Å². The van der Waals surface area contributed by atoms with Crippen LogP contribution in [0.2, 0.25) is 0 Å². The highest BCUT2D eigenvalue weighted by Crippen LogP contribution is 2.40. The number of hydrogen-bond donors (Lipinski definition) is 1. The third kappa shape index (κ3) is 9.40. The molecular formula is C39H52ClF4N5O5S2. The average Bonchev–Trinajstić information content (AvgIpc) is 3.63. The van der Waals surface area contributed by atoms with Gasteiger partial charge in [-0.1, -0.05) is 41.5 Å². The molecule has 2 aliphatic carbocycles. The number of hydrogen-bond acceptors (Lipinski definition) is 7. The molecule has 0 amide bonds. The molecule has 0 bridgehead atoms. The number of β-amino-alcohol motifs (C(OH)–C–C–N with tert-alkyl or cyclic N) is 1. The van der Waals surface area contributed by atoms with Crippen molar-refractivity contribution in [3.63, 3.8) is 0 Å². The number of fused-ring (bicyclic) bond motifs is 2. The topological polar surface area (TPSA) is 127 Å². The molecule has 0 atom stereocenters. The Bertz CT molecular complexity index is 2290. The molecule has 1 aliphatic heterocycles. The van der Waals surface area contributed by atoms with Crippen molar-refractivity contribution in [3.8, 4) is 0 Å². The van der Waals surface area contributed by atoms with Crippen molar-refractivity contribution < 1.29 is 39.5 Å². The molecule has 56 heavy (non-hydrogen) atoms. The lowest BCUT2D eigenvalue weighted by atomic mass is 9.86. The van der Waals surface area contributed by atoms with Crippen molar-refractivity contribution in [2.24, 2.45) is 11.8 Å². The zero-order chi connectivity index (χ0) is 41.2. The van der Waals surface area contributed by atoms with Crippen LogP contribution in [0.15, 0.2) is 46.2 Å². The van der Waals surface area contributed by atoms with Crippen molar-refractivity contribution >= 4 is 51.8 Å². The third-order valence-electron chi connectivity index (χ3n) is 11.1. The van der Waals surface area contributed by atoms with Crippen LogP contribution in [0, 0.1) is 11.8 Å². The molecule has 7 rings (SSSR count). The summed E-state index contributed by atoms with van der Waals surface area (Å²) in [6.45, 7) is 13.6. The molecule has 310 valence electrons. The predicted octanol–water partition coefficient (Wildman–Crippen LogP) is 8.61. The summed E-state index contributed by atoms with van der Waals surface area (Å²) in [4.78, 5) is 9.56. The van der Waals surface area contributed by atoms with E-state index in [4.69, 9.17) is 15.7 Å². The van der Waals surface area contributed by atoms with E-state index in [2.05, 4.69) is 9.55 Å². The molecule has 17 heteroatoms. The molecule has 0 spiro atoms. The molecule has 3 fully saturated rings. The summed E-state index contributed by atoms with van der Waals surface area (Å²) in [6, 6.07) is 9.54. The molecule has 4 aromatic rings. The Labute approximate surface area is 331 Å². The number of sulfonamides is 1. The first-order valence-electron chi connectivity index (χ1n) is 19.1. The van der Waals surface area contributed by atoms with Crippen molar-refractivity contribution in [1.82, 2.24) is 23.4 Å². The summed E-state index contributed by atoms with van der Waals surface area (Å²) in [5.41, 5.74) is 2.22. The van der Waals surface area contributed by atoms with Gasteiger partial charge in [-0.25, -0.2) is 44.4 Å². The second kappa shape index (κ2) is 15.1. The predicted molar refractivity (Wildman–Crippen MR) is 208 cm³/mol. The van der Waals surface area contributed by atoms with Crippen LogP contribution in [0.4, 0.5) is 17.6 Å². The first-order chi connectivity index (χ1) is 25.7. The van der Waals surface area contributed by atoms with E-state index in [-0.39, 0.29) is 71.2 Å². The Morgan fingerprint density at radius 2 is 1.07 bits per heavy atom. The zero-order valence-corrected chi connectivity index (χ0v) is 35.1. The minimum absolute atomic E-state index is 0.00841. The second-order valence-corrected chi connectivity index (χ2v) is 22.4. The maximum Gasteiger partial charge on any atom is 0.261 e. The van der Waals surface area contributed by atoms with E-state index in [0.29, 0.717) is 49.8 Å². The molecular weight excluding hydrogens is 794 g/mol. The fourth-order valence-electron chi connectivity index (χ4n) is 7.89. The fraction of sp³-hybridized carbons (Fsp3) is 0.641. The maximum absolute atomic E-state index is 13.6. The smallest absolute Gasteiger partial charge is 0.261 e. The van der Waals surface area contributed by atoms with Gasteiger partial charge in [-0.3, -0.25) is 0 Å². The number of benzene rings is 2. The lowest BCUT2D eigenvalue weighted by molar-refractivity contribution is -0.0478. The van der Waals surface area contributed by atoms with Gasteiger partial charge < -0.3 is 14.2 Å². The van der Waals surface area contributed by atoms with Gasteiger partial charge in [-0.15, -0.1) is 0 Å². The van der Waals surface area contributed by atoms with Crippen molar-refractivity contribution in [2.45, 2.75) is 145 Å². The lowest BCUT2D eigenvalue weighted by Gasteiger charge is -2.34. The van der Waals surface area contributed by atoms with Crippen molar-refractivity contribution in [2.75, 3.05) is 13.1 Å². The molecule has 3 aliphatic rings. The van der Waals surface area contributed by atoms with E-state index in [0.717, 1.165) is 22.7 Å². The van der Waals surface area contributed by atoms with Crippen LogP contribution in [-0.4, -0.2) is 76.4 Å². The zero-order valence-electron chi connectivity index (χ0n) is 32.7. The highest BCUT2D eigenvalue weighted by atomic mass is 35.7. The Kier molecular flexibility index (Phi) is 11.5. The molecule has 2 aromatic carbocycles. The summed E-state index contributed by atoms with van der Waals surface area (Å²) >= 11 is 0. The average molecular weight is 846 g/mol. The molecule has 0 unspecified atom stereocenters. The number of nitrogens with zero attached hydrogens (tertiary/aromatic N) is 5. The number of rotatable bonds is 7. The van der Waals surface area contributed by atoms with Gasteiger partial charge in [-0.2, -0.15) is 4.31 Å². The van der Waals surface area contributed by atoms with Crippen LogP contribution >= 0.6 is 10.7 Å². The summed E-state index contributed by atoms with van der Waals surface area (Å²) in [7, 11) is -2.05. The molecule has 1 N–H and O–H groups in total. The molecule has 3 heterocycles. The highest BCUT2D eigenvalue weighted by Gasteiger charge is 2.38. The Morgan fingerprint density at radius 1 is 0.696 bits per heavy atom. The van der Waals surface area contributed by atoms with E-state index >= 15 is 0 Å². The molecule has 2 saturated carbocycles. The van der Waals surface area contributed by atoms with Crippen molar-refractivity contribution in [1.29, 1.82) is 0 Å². The van der Waals surface area contributed by atoms with Gasteiger partial charge >= 0.3 is 0 Å². The number of halogens is 5. The van der Waals surface area contributed by atoms with Gasteiger partial charge in [0.2, 0.25) is 21.9 Å². The Morgan fingerprint density at radius 3 is 1.43 bits per heavy atom. The number of alkyl halides is 4. The van der Waals surface area contributed by atoms with Gasteiger partial charge in [0.25, 0.3) is 9.05 Å². The highest BCUT2D eigenvalue weighted by molar-refractivity contribution is 8.13. The molecule has 2 aromatic heterocycles. The molecule has 0 radical (unpaired) electrons. The van der Waals surface area contributed by atoms with E-state index in [9.17, 15) is 39.5 Å². The quantitative estimate of drug-likeness (QED) is 0.146. The van der Waals surface area contributed by atoms with E-state index in [1.165, 1.54) is 16.4 Å². The van der Waals surface area contributed by atoms with Crippen LogP contribution in [0.25, 0.3) is 22.1 Å². The van der Waals surface area contributed by atoms with Crippen LogP contribution in [-0.2, 0) is 43.0 Å². The van der Waals surface area contributed by atoms with E-state index in [1.807, 2.05) is 46.1 Å². The van der Waals surface area contributed by atoms with Crippen LogP contribution in [0.5, 0.6) is 0 Å². The van der Waals surface area contributed by atoms with Crippen LogP contribution < -0.4 is 0 Å². The van der Waals surface area contributed by atoms with Crippen LogP contribution in [0.1, 0.15) is 105 Å². The summed E-state index contributed by atoms with van der Waals surface area (Å²) in [5, 5.41) is 9.45. The first kappa shape index (κ1) is 42.8. The van der Waals surface area contributed by atoms with Gasteiger partial charge in [0.05, 0.1) is 38.0 Å². The van der Waals surface area contributed by atoms with Crippen molar-refractivity contribution in [3.05, 3.63) is 48.0 Å². The van der Waals surface area contributed by atoms with Gasteiger partial charge in [0, 0.05) is 73.4 Å². The lowest BCUT2D eigenvalue weighted by Crippen LogP contribution is -2.53. The number of aliphatic hydroxyl groups excluding tert-OH is 1. The summed E-state index contributed by atoms with van der Waals surface area (Å²) in [5.74, 6) is -3.17.